The summed E-state index contributed by atoms with van der Waals surface area (Å²) < 4.78 is 9.43. The molecule has 1 aliphatic carbocycles. The fraction of sp³-hybridized carbons (Fsp3) is 0.667. The molecule has 0 aromatic heterocycles. The number of hydrogen-bond donors (Lipinski definition) is 0. The summed E-state index contributed by atoms with van der Waals surface area (Å²) in [4.78, 5) is 46.3. The average molecular weight is 256 g/mol. The SMILES string of the molecule is CCOC(=O)[C@@H]1CC(=O)[C@H](C(=O)OCC)CC1=O. The van der Waals surface area contributed by atoms with Crippen molar-refractivity contribution in [3.8, 4) is 0 Å². The van der Waals surface area contributed by atoms with Crippen LogP contribution in [0, 0.1) is 11.8 Å². The van der Waals surface area contributed by atoms with Gasteiger partial charge in [0.25, 0.3) is 0 Å². The Morgan fingerprint density at radius 2 is 1.28 bits per heavy atom. The molecule has 0 aromatic carbocycles. The van der Waals surface area contributed by atoms with Crippen LogP contribution >= 0.6 is 0 Å². The molecule has 1 rings (SSSR count). The molecule has 1 aliphatic rings. The fourth-order valence-corrected chi connectivity index (χ4v) is 1.83. The number of carbonyl (C=O) groups excluding carboxylic acids is 4. The van der Waals surface area contributed by atoms with Crippen LogP contribution < -0.4 is 0 Å². The molecule has 6 heteroatoms. The van der Waals surface area contributed by atoms with E-state index in [9.17, 15) is 19.2 Å². The van der Waals surface area contributed by atoms with Gasteiger partial charge in [-0.15, -0.1) is 0 Å². The summed E-state index contributed by atoms with van der Waals surface area (Å²) in [6, 6.07) is 0. The lowest BCUT2D eigenvalue weighted by Gasteiger charge is -2.23. The molecular formula is C12H16O6. The fourth-order valence-electron chi connectivity index (χ4n) is 1.83. The summed E-state index contributed by atoms with van der Waals surface area (Å²) in [5.74, 6) is -4.40. The summed E-state index contributed by atoms with van der Waals surface area (Å²) >= 11 is 0. The minimum atomic E-state index is -1.07. The maximum atomic E-state index is 11.7. The van der Waals surface area contributed by atoms with E-state index in [1.807, 2.05) is 0 Å². The third-order valence-electron chi connectivity index (χ3n) is 2.73. The highest BCUT2D eigenvalue weighted by Gasteiger charge is 2.43. The number of ketones is 2. The van der Waals surface area contributed by atoms with Crippen LogP contribution in [0.15, 0.2) is 0 Å². The molecule has 0 spiro atoms. The van der Waals surface area contributed by atoms with E-state index in [2.05, 4.69) is 0 Å². The summed E-state index contributed by atoms with van der Waals surface area (Å²) in [7, 11) is 0. The predicted octanol–water partition coefficient (Wildman–Crippen LogP) is 0.277. The van der Waals surface area contributed by atoms with Gasteiger partial charge in [0.15, 0.2) is 0 Å². The van der Waals surface area contributed by atoms with Crippen molar-refractivity contribution < 1.29 is 28.7 Å². The van der Waals surface area contributed by atoms with Gasteiger partial charge in [-0.3, -0.25) is 19.2 Å². The molecule has 0 unspecified atom stereocenters. The zero-order valence-corrected chi connectivity index (χ0v) is 10.4. The second-order valence-corrected chi connectivity index (χ2v) is 3.95. The molecule has 0 aliphatic heterocycles. The van der Waals surface area contributed by atoms with E-state index in [0.29, 0.717) is 0 Å². The van der Waals surface area contributed by atoms with Crippen LogP contribution in [0.5, 0.6) is 0 Å². The summed E-state index contributed by atoms with van der Waals surface area (Å²) in [6.07, 6.45) is -0.553. The lowest BCUT2D eigenvalue weighted by atomic mass is 9.80. The van der Waals surface area contributed by atoms with Crippen LogP contribution in [0.2, 0.25) is 0 Å². The number of ether oxygens (including phenoxy) is 2. The highest BCUT2D eigenvalue weighted by molar-refractivity contribution is 6.12. The summed E-state index contributed by atoms with van der Waals surface area (Å²) in [6.45, 7) is 3.54. The highest BCUT2D eigenvalue weighted by Crippen LogP contribution is 2.25. The van der Waals surface area contributed by atoms with E-state index >= 15 is 0 Å². The third-order valence-corrected chi connectivity index (χ3v) is 2.73. The van der Waals surface area contributed by atoms with Crippen molar-refractivity contribution in [1.82, 2.24) is 0 Å². The second-order valence-electron chi connectivity index (χ2n) is 3.95. The van der Waals surface area contributed by atoms with Crippen LogP contribution in [0.1, 0.15) is 26.7 Å². The van der Waals surface area contributed by atoms with E-state index in [-0.39, 0.29) is 26.1 Å². The number of Topliss-reactive ketones (excluding diaryl/α,β-unsaturated/α-hetero) is 2. The van der Waals surface area contributed by atoms with Crippen molar-refractivity contribution in [2.45, 2.75) is 26.7 Å². The maximum absolute atomic E-state index is 11.7. The summed E-state index contributed by atoms with van der Waals surface area (Å²) in [5, 5.41) is 0. The van der Waals surface area contributed by atoms with E-state index in [1.54, 1.807) is 13.8 Å². The minimum Gasteiger partial charge on any atom is -0.465 e. The number of carbonyl (C=O) groups is 4. The molecule has 0 bridgehead atoms. The minimum absolute atomic E-state index is 0.151. The molecule has 1 fully saturated rings. The Hall–Kier alpha value is -1.72. The molecular weight excluding hydrogens is 240 g/mol. The zero-order chi connectivity index (χ0) is 13.7. The zero-order valence-electron chi connectivity index (χ0n) is 10.4. The first-order valence-corrected chi connectivity index (χ1v) is 5.89. The van der Waals surface area contributed by atoms with Crippen LogP contribution in [0.25, 0.3) is 0 Å². The van der Waals surface area contributed by atoms with E-state index < -0.39 is 35.3 Å². The third kappa shape index (κ3) is 3.15. The van der Waals surface area contributed by atoms with Crippen molar-refractivity contribution in [2.75, 3.05) is 13.2 Å². The summed E-state index contributed by atoms with van der Waals surface area (Å²) in [5.41, 5.74) is 0. The van der Waals surface area contributed by atoms with Crippen LogP contribution in [-0.4, -0.2) is 36.7 Å². The van der Waals surface area contributed by atoms with Gasteiger partial charge in [-0.1, -0.05) is 0 Å². The van der Waals surface area contributed by atoms with Crippen molar-refractivity contribution in [2.24, 2.45) is 11.8 Å². The molecule has 0 amide bonds. The molecule has 100 valence electrons. The number of esters is 2. The molecule has 6 nitrogen and oxygen atoms in total. The Labute approximate surface area is 105 Å². The molecule has 0 aromatic rings. The van der Waals surface area contributed by atoms with Gasteiger partial charge in [-0.05, 0) is 13.8 Å². The van der Waals surface area contributed by atoms with Crippen molar-refractivity contribution in [3.63, 3.8) is 0 Å². The molecule has 18 heavy (non-hydrogen) atoms. The lowest BCUT2D eigenvalue weighted by molar-refractivity contribution is -0.162. The first kappa shape index (κ1) is 14.3. The number of rotatable bonds is 4. The van der Waals surface area contributed by atoms with Crippen LogP contribution in [-0.2, 0) is 28.7 Å². The van der Waals surface area contributed by atoms with Gasteiger partial charge < -0.3 is 9.47 Å². The quantitative estimate of drug-likeness (QED) is 0.530. The first-order valence-electron chi connectivity index (χ1n) is 5.89. The van der Waals surface area contributed by atoms with E-state index in [0.717, 1.165) is 0 Å². The molecule has 0 saturated heterocycles. The molecule has 0 N–H and O–H groups in total. The highest BCUT2D eigenvalue weighted by atomic mass is 16.5. The van der Waals surface area contributed by atoms with Gasteiger partial charge in [-0.2, -0.15) is 0 Å². The monoisotopic (exact) mass is 256 g/mol. The topological polar surface area (TPSA) is 86.7 Å². The van der Waals surface area contributed by atoms with Crippen molar-refractivity contribution in [3.05, 3.63) is 0 Å². The molecule has 0 radical (unpaired) electrons. The number of hydrogen-bond acceptors (Lipinski definition) is 6. The van der Waals surface area contributed by atoms with Crippen molar-refractivity contribution >= 4 is 23.5 Å². The van der Waals surface area contributed by atoms with Gasteiger partial charge in [-0.25, -0.2) is 0 Å². The van der Waals surface area contributed by atoms with Gasteiger partial charge >= 0.3 is 11.9 Å². The Morgan fingerprint density at radius 1 is 0.944 bits per heavy atom. The average Bonchev–Trinajstić information content (AvgIpc) is 2.32. The Kier molecular flexibility index (Phi) is 5.00. The molecule has 0 heterocycles. The van der Waals surface area contributed by atoms with Crippen molar-refractivity contribution in [1.29, 1.82) is 0 Å². The van der Waals surface area contributed by atoms with Gasteiger partial charge in [0.05, 0.1) is 13.2 Å². The molecule has 2 atom stereocenters. The predicted molar refractivity (Wildman–Crippen MR) is 59.5 cm³/mol. The van der Waals surface area contributed by atoms with Gasteiger partial charge in [0.1, 0.15) is 23.4 Å². The standard InChI is InChI=1S/C12H16O6/c1-3-17-11(15)7-5-10(14)8(6-9(7)13)12(16)18-4-2/h7-8H,3-6H2,1-2H3/t7-,8-/m1/s1. The maximum Gasteiger partial charge on any atom is 0.316 e. The Balaban J connectivity index is 2.71. The van der Waals surface area contributed by atoms with Crippen LogP contribution in [0.3, 0.4) is 0 Å². The first-order chi connectivity index (χ1) is 8.51. The van der Waals surface area contributed by atoms with E-state index in [4.69, 9.17) is 9.47 Å². The molecule has 1 saturated carbocycles. The van der Waals surface area contributed by atoms with E-state index in [1.165, 1.54) is 0 Å². The smallest absolute Gasteiger partial charge is 0.316 e. The van der Waals surface area contributed by atoms with Gasteiger partial charge in [0, 0.05) is 12.8 Å². The second kappa shape index (κ2) is 6.28. The largest absolute Gasteiger partial charge is 0.465 e. The normalized spacial score (nSPS) is 23.7. The lowest BCUT2D eigenvalue weighted by Crippen LogP contribution is -2.41. The van der Waals surface area contributed by atoms with Gasteiger partial charge in [0.2, 0.25) is 0 Å². The Morgan fingerprint density at radius 3 is 1.56 bits per heavy atom. The van der Waals surface area contributed by atoms with Crippen LogP contribution in [0.4, 0.5) is 0 Å². The Bertz CT molecular complexity index is 337.